The van der Waals surface area contributed by atoms with Gasteiger partial charge >= 0.3 is 6.03 Å². The Morgan fingerprint density at radius 2 is 2.12 bits per heavy atom. The first-order valence-electron chi connectivity index (χ1n) is 2.00. The third-order valence-corrected chi connectivity index (χ3v) is 0.351. The lowest BCUT2D eigenvalue weighted by Gasteiger charge is -1.88. The molecule has 0 fully saturated rings. The van der Waals surface area contributed by atoms with E-state index in [9.17, 15) is 4.79 Å². The second-order valence-electron chi connectivity index (χ2n) is 0.895. The molecule has 5 heteroatoms. The molecule has 2 amide bonds. The van der Waals surface area contributed by atoms with Crippen LogP contribution in [-0.4, -0.2) is 23.1 Å². The molecule has 0 aromatic carbocycles. The number of carbonyl (C=O) groups excluding carboxylic acids is 1. The Hall–Kier alpha value is -0.810. The van der Waals surface area contributed by atoms with Gasteiger partial charge in [-0.15, -0.1) is 0 Å². The van der Waals surface area contributed by atoms with Crippen LogP contribution in [0.1, 0.15) is 6.92 Å². The molecule has 8 heavy (non-hydrogen) atoms. The van der Waals surface area contributed by atoms with Gasteiger partial charge in [0.1, 0.15) is 0 Å². The Bertz CT molecular complexity index is 56.5. The first-order valence-corrected chi connectivity index (χ1v) is 2.00. The van der Waals surface area contributed by atoms with Gasteiger partial charge in [-0.2, -0.15) is 0 Å². The molecule has 0 saturated heterocycles. The molecule has 0 aliphatic heterocycles. The smallest absolute Gasteiger partial charge is 0.312 e. The van der Waals surface area contributed by atoms with Crippen LogP contribution in [0, 0.1) is 0 Å². The van der Waals surface area contributed by atoms with Crippen molar-refractivity contribution in [3.05, 3.63) is 0 Å². The van der Waals surface area contributed by atoms with E-state index < -0.39 is 6.03 Å². The predicted molar refractivity (Wildman–Crippen MR) is 28.5 cm³/mol. The molecule has 50 valence electrons. The molecule has 0 spiro atoms. The maximum atomic E-state index is 9.71. The van der Waals surface area contributed by atoms with Gasteiger partial charge in [0, 0.05) is 6.54 Å². The Kier molecular flexibility index (Phi) is 12.1. The van der Waals surface area contributed by atoms with Crippen molar-refractivity contribution in [2.75, 3.05) is 6.54 Å². The van der Waals surface area contributed by atoms with E-state index in [-0.39, 0.29) is 0 Å². The lowest BCUT2D eigenvalue weighted by atomic mass is 10.7. The highest BCUT2D eigenvalue weighted by molar-refractivity contribution is 5.71. The standard InChI is InChI=1S/C3H8N2O.H2O2/c1-2-5-3(4)6;1-2/h2H2,1H3,(H3,4,5,6);1-2H. The van der Waals surface area contributed by atoms with Crippen LogP contribution in [0.15, 0.2) is 0 Å². The highest BCUT2D eigenvalue weighted by Gasteiger charge is 1.79. The third-order valence-electron chi connectivity index (χ3n) is 0.351. The Morgan fingerprint density at radius 3 is 2.12 bits per heavy atom. The first kappa shape index (κ1) is 10.2. The van der Waals surface area contributed by atoms with Gasteiger partial charge in [-0.05, 0) is 6.92 Å². The first-order chi connectivity index (χ1) is 3.77. The van der Waals surface area contributed by atoms with Gasteiger partial charge in [-0.3, -0.25) is 10.5 Å². The van der Waals surface area contributed by atoms with E-state index in [0.29, 0.717) is 6.54 Å². The number of amides is 2. The summed E-state index contributed by atoms with van der Waals surface area (Å²) in [4.78, 5) is 9.71. The van der Waals surface area contributed by atoms with E-state index in [1.54, 1.807) is 0 Å². The van der Waals surface area contributed by atoms with E-state index in [4.69, 9.17) is 10.5 Å². The van der Waals surface area contributed by atoms with Crippen LogP contribution in [0.5, 0.6) is 0 Å². The number of primary amides is 1. The number of urea groups is 1. The van der Waals surface area contributed by atoms with Crippen LogP contribution in [0.4, 0.5) is 4.79 Å². The lowest BCUT2D eigenvalue weighted by molar-refractivity contribution is -0.176. The largest absolute Gasteiger partial charge is 0.352 e. The summed E-state index contributed by atoms with van der Waals surface area (Å²) in [5.74, 6) is 0. The van der Waals surface area contributed by atoms with Crippen LogP contribution in [0.3, 0.4) is 0 Å². The van der Waals surface area contributed by atoms with Crippen molar-refractivity contribution in [2.24, 2.45) is 5.73 Å². The minimum absolute atomic E-state index is 0.461. The molecule has 0 bridgehead atoms. The third kappa shape index (κ3) is 19.0. The van der Waals surface area contributed by atoms with Crippen molar-refractivity contribution >= 4 is 6.03 Å². The maximum absolute atomic E-state index is 9.71. The predicted octanol–water partition coefficient (Wildman–Crippen LogP) is -0.308. The van der Waals surface area contributed by atoms with E-state index in [1.807, 2.05) is 6.92 Å². The minimum Gasteiger partial charge on any atom is -0.352 e. The Balaban J connectivity index is 0. The highest BCUT2D eigenvalue weighted by Crippen LogP contribution is 1.49. The topological polar surface area (TPSA) is 95.6 Å². The second kappa shape index (κ2) is 9.50. The summed E-state index contributed by atoms with van der Waals surface area (Å²) < 4.78 is 0. The fourth-order valence-electron chi connectivity index (χ4n) is 0.174. The Labute approximate surface area is 47.0 Å². The van der Waals surface area contributed by atoms with E-state index in [2.05, 4.69) is 11.1 Å². The van der Waals surface area contributed by atoms with Gasteiger partial charge in [0.25, 0.3) is 0 Å². The summed E-state index contributed by atoms with van der Waals surface area (Å²) in [6.07, 6.45) is 0. The van der Waals surface area contributed by atoms with Gasteiger partial charge < -0.3 is 11.1 Å². The second-order valence-corrected chi connectivity index (χ2v) is 0.895. The van der Waals surface area contributed by atoms with Gasteiger partial charge in [-0.1, -0.05) is 0 Å². The van der Waals surface area contributed by atoms with E-state index >= 15 is 0 Å². The fraction of sp³-hybridized carbons (Fsp3) is 0.667. The van der Waals surface area contributed by atoms with Crippen molar-refractivity contribution in [3.8, 4) is 0 Å². The molecule has 0 radical (unpaired) electrons. The van der Waals surface area contributed by atoms with Crippen molar-refractivity contribution in [2.45, 2.75) is 6.92 Å². The molecule has 0 aliphatic carbocycles. The van der Waals surface area contributed by atoms with Crippen molar-refractivity contribution < 1.29 is 15.3 Å². The maximum Gasteiger partial charge on any atom is 0.312 e. The average molecular weight is 122 g/mol. The normalized spacial score (nSPS) is 6.38. The van der Waals surface area contributed by atoms with E-state index in [1.165, 1.54) is 0 Å². The van der Waals surface area contributed by atoms with Gasteiger partial charge in [0.2, 0.25) is 0 Å². The van der Waals surface area contributed by atoms with Gasteiger partial charge in [0.05, 0.1) is 0 Å². The molecule has 0 aromatic heterocycles. The van der Waals surface area contributed by atoms with E-state index in [0.717, 1.165) is 0 Å². The number of nitrogens with two attached hydrogens (primary N) is 1. The number of hydrogen-bond acceptors (Lipinski definition) is 3. The van der Waals surface area contributed by atoms with Crippen LogP contribution in [-0.2, 0) is 0 Å². The van der Waals surface area contributed by atoms with Crippen molar-refractivity contribution in [3.63, 3.8) is 0 Å². The molecule has 0 unspecified atom stereocenters. The van der Waals surface area contributed by atoms with Crippen molar-refractivity contribution in [1.29, 1.82) is 0 Å². The summed E-state index contributed by atoms with van der Waals surface area (Å²) in [5, 5.41) is 14.3. The zero-order valence-electron chi connectivity index (χ0n) is 4.59. The van der Waals surface area contributed by atoms with Crippen LogP contribution >= 0.6 is 0 Å². The SMILES string of the molecule is CCNC(N)=O.OO. The molecule has 0 aromatic rings. The number of rotatable bonds is 1. The molecule has 0 heterocycles. The zero-order valence-corrected chi connectivity index (χ0v) is 4.59. The molecule has 5 N–H and O–H groups in total. The van der Waals surface area contributed by atoms with Gasteiger partial charge in [0.15, 0.2) is 0 Å². The summed E-state index contributed by atoms with van der Waals surface area (Å²) in [5.41, 5.74) is 4.65. The monoisotopic (exact) mass is 122 g/mol. The highest BCUT2D eigenvalue weighted by atomic mass is 17.0. The fourth-order valence-corrected chi connectivity index (χ4v) is 0.174. The minimum atomic E-state index is -0.461. The van der Waals surface area contributed by atoms with Gasteiger partial charge in [-0.25, -0.2) is 4.79 Å². The lowest BCUT2D eigenvalue weighted by Crippen LogP contribution is -2.28. The molecular formula is C3H10N2O3. The quantitative estimate of drug-likeness (QED) is 0.284. The van der Waals surface area contributed by atoms with Crippen LogP contribution in [0.25, 0.3) is 0 Å². The summed E-state index contributed by atoms with van der Waals surface area (Å²) in [7, 11) is 0. The summed E-state index contributed by atoms with van der Waals surface area (Å²) in [6.45, 7) is 2.42. The average Bonchev–Trinajstić information content (AvgIpc) is 1.72. The molecular weight excluding hydrogens is 112 g/mol. The van der Waals surface area contributed by atoms with Crippen molar-refractivity contribution in [1.82, 2.24) is 5.32 Å². The molecule has 0 saturated carbocycles. The number of hydrogen-bond donors (Lipinski definition) is 4. The Morgan fingerprint density at radius 1 is 1.75 bits per heavy atom. The summed E-state index contributed by atoms with van der Waals surface area (Å²) >= 11 is 0. The summed E-state index contributed by atoms with van der Waals surface area (Å²) in [6, 6.07) is -0.461. The number of carbonyl (C=O) groups is 1. The molecule has 0 rings (SSSR count). The number of nitrogens with one attached hydrogen (secondary N) is 1. The zero-order chi connectivity index (χ0) is 6.99. The molecule has 0 aliphatic rings. The van der Waals surface area contributed by atoms with Crippen LogP contribution in [0.2, 0.25) is 0 Å². The molecule has 5 nitrogen and oxygen atoms in total. The molecule has 0 atom stereocenters. The van der Waals surface area contributed by atoms with Crippen LogP contribution < -0.4 is 11.1 Å².